The third-order valence-electron chi connectivity index (χ3n) is 6.72. The van der Waals surface area contributed by atoms with E-state index in [0.29, 0.717) is 0 Å². The zero-order valence-corrected chi connectivity index (χ0v) is 19.4. The van der Waals surface area contributed by atoms with Crippen molar-refractivity contribution in [1.29, 1.82) is 0 Å². The van der Waals surface area contributed by atoms with Crippen molar-refractivity contribution in [3.8, 4) is 0 Å². The van der Waals surface area contributed by atoms with E-state index in [2.05, 4.69) is 58.2 Å². The van der Waals surface area contributed by atoms with E-state index in [1.165, 1.54) is 5.56 Å². The van der Waals surface area contributed by atoms with Gasteiger partial charge >= 0.3 is 0 Å². The lowest BCUT2D eigenvalue weighted by molar-refractivity contribution is -0.141. The van der Waals surface area contributed by atoms with Gasteiger partial charge in [0.2, 0.25) is 0 Å². The van der Waals surface area contributed by atoms with Crippen molar-refractivity contribution in [2.24, 2.45) is 0 Å². The number of carbonyl (C=O) groups is 1. The number of carbonyl (C=O) groups excluding carboxylic acids is 1. The van der Waals surface area contributed by atoms with Gasteiger partial charge in [-0.1, -0.05) is 38.5 Å². The van der Waals surface area contributed by atoms with Gasteiger partial charge in [0.05, 0.1) is 6.04 Å². The van der Waals surface area contributed by atoms with Crippen LogP contribution in [0.1, 0.15) is 39.2 Å². The average molecular weight is 405 g/mol. The summed E-state index contributed by atoms with van der Waals surface area (Å²) in [5.41, 5.74) is 2.14. The minimum atomic E-state index is -1.81. The van der Waals surface area contributed by atoms with Crippen molar-refractivity contribution in [2.45, 2.75) is 83.0 Å². The molecular weight excluding hydrogens is 368 g/mol. The van der Waals surface area contributed by atoms with Gasteiger partial charge in [0.1, 0.15) is 0 Å². The van der Waals surface area contributed by atoms with Crippen molar-refractivity contribution in [3.63, 3.8) is 0 Å². The molecule has 2 fully saturated rings. The summed E-state index contributed by atoms with van der Waals surface area (Å²) in [5, 5.41) is 3.83. The topological polar surface area (TPSA) is 50.8 Å². The Hall–Kier alpha value is -1.21. The molecule has 156 valence electrons. The van der Waals surface area contributed by atoms with Crippen LogP contribution in [0.2, 0.25) is 18.1 Å². The fourth-order valence-corrected chi connectivity index (χ4v) is 5.40. The molecule has 6 heteroatoms. The molecule has 5 nitrogen and oxygen atoms in total. The normalized spacial score (nSPS) is 29.0. The fourth-order valence-electron chi connectivity index (χ4n) is 3.99. The maximum absolute atomic E-state index is 12.7. The van der Waals surface area contributed by atoms with Crippen LogP contribution in [0.5, 0.6) is 0 Å². The smallest absolute Gasteiger partial charge is 0.258 e. The second kappa shape index (κ2) is 7.90. The summed E-state index contributed by atoms with van der Waals surface area (Å²) >= 11 is 0. The van der Waals surface area contributed by atoms with Gasteiger partial charge in [0, 0.05) is 24.9 Å². The van der Waals surface area contributed by atoms with E-state index in [9.17, 15) is 4.79 Å². The second-order valence-electron chi connectivity index (χ2n) is 9.78. The van der Waals surface area contributed by atoms with Crippen LogP contribution in [0.25, 0.3) is 0 Å². The molecule has 1 N–H and O–H groups in total. The highest BCUT2D eigenvalue weighted by Crippen LogP contribution is 2.40. The number of hydrogen-bond acceptors (Lipinski definition) is 4. The lowest BCUT2D eigenvalue weighted by Crippen LogP contribution is -2.73. The van der Waals surface area contributed by atoms with Crippen molar-refractivity contribution >= 4 is 19.9 Å². The Bertz CT molecular complexity index is 699. The van der Waals surface area contributed by atoms with Gasteiger partial charge in [-0.2, -0.15) is 0 Å². The third kappa shape index (κ3) is 4.06. The molecular formula is C22H36N2O3Si. The average Bonchev–Trinajstić information content (AvgIpc) is 2.60. The molecule has 0 spiro atoms. The Morgan fingerprint density at radius 1 is 1.18 bits per heavy atom. The molecule has 1 aromatic carbocycles. The molecule has 28 heavy (non-hydrogen) atoms. The molecule has 0 aromatic heterocycles. The van der Waals surface area contributed by atoms with Crippen LogP contribution < -0.4 is 10.2 Å². The molecule has 0 saturated carbocycles. The minimum Gasteiger partial charge on any atom is -0.414 e. The number of anilines is 1. The number of nitrogens with one attached hydrogen (secondary N) is 1. The Morgan fingerprint density at radius 3 is 2.39 bits per heavy atom. The van der Waals surface area contributed by atoms with Crippen LogP contribution in [0.15, 0.2) is 24.3 Å². The number of aryl methyl sites for hydroxylation is 1. The summed E-state index contributed by atoms with van der Waals surface area (Å²) in [6.45, 7) is 14.4. The highest BCUT2D eigenvalue weighted by atomic mass is 28.4. The molecule has 1 amide bonds. The first-order valence-corrected chi connectivity index (χ1v) is 13.3. The quantitative estimate of drug-likeness (QED) is 0.598. The summed E-state index contributed by atoms with van der Waals surface area (Å²) < 4.78 is 12.3. The van der Waals surface area contributed by atoms with Gasteiger partial charge in [0.25, 0.3) is 5.91 Å². The van der Waals surface area contributed by atoms with Gasteiger partial charge in [-0.15, -0.1) is 0 Å². The molecule has 2 heterocycles. The lowest BCUT2D eigenvalue weighted by atomic mass is 9.84. The molecule has 0 aliphatic carbocycles. The van der Waals surface area contributed by atoms with Crippen LogP contribution in [0.4, 0.5) is 5.69 Å². The van der Waals surface area contributed by atoms with Gasteiger partial charge < -0.3 is 19.4 Å². The maximum atomic E-state index is 12.7. The standard InChI is InChI=1S/C22H36N2O3Si/c1-15-8-10-16(11-9-15)24-19(20(26-5)21(24)25)18-14-17(12-13-23-18)27-28(6,7)22(2,3)4/h8-11,17-20,23H,12-14H2,1-7H3/t17-,18+,19+,20-/m1/s1. The van der Waals surface area contributed by atoms with Crippen molar-refractivity contribution in [3.05, 3.63) is 29.8 Å². The van der Waals surface area contributed by atoms with Crippen molar-refractivity contribution in [1.82, 2.24) is 5.32 Å². The van der Waals surface area contributed by atoms with Gasteiger partial charge in [-0.05, 0) is 56.6 Å². The highest BCUT2D eigenvalue weighted by molar-refractivity contribution is 6.74. The molecule has 3 rings (SSSR count). The highest BCUT2D eigenvalue weighted by Gasteiger charge is 2.53. The molecule has 0 unspecified atom stereocenters. The summed E-state index contributed by atoms with van der Waals surface area (Å²) in [4.78, 5) is 14.6. The van der Waals surface area contributed by atoms with Crippen molar-refractivity contribution in [2.75, 3.05) is 18.6 Å². The monoisotopic (exact) mass is 404 g/mol. The van der Waals surface area contributed by atoms with Crippen LogP contribution in [0, 0.1) is 6.92 Å². The molecule has 4 atom stereocenters. The van der Waals surface area contributed by atoms with E-state index in [1.54, 1.807) is 7.11 Å². The number of hydrogen-bond donors (Lipinski definition) is 1. The predicted molar refractivity (Wildman–Crippen MR) is 116 cm³/mol. The number of methoxy groups -OCH3 is 1. The first kappa shape index (κ1) is 21.5. The maximum Gasteiger partial charge on any atom is 0.258 e. The zero-order chi connectivity index (χ0) is 20.7. The zero-order valence-electron chi connectivity index (χ0n) is 18.4. The van der Waals surface area contributed by atoms with Gasteiger partial charge in [0.15, 0.2) is 14.4 Å². The van der Waals surface area contributed by atoms with Crippen LogP contribution in [-0.4, -0.2) is 52.2 Å². The number of nitrogens with zero attached hydrogens (tertiary/aromatic N) is 1. The Balaban J connectivity index is 1.76. The lowest BCUT2D eigenvalue weighted by Gasteiger charge is -2.52. The second-order valence-corrected chi connectivity index (χ2v) is 14.5. The predicted octanol–water partition coefficient (Wildman–Crippen LogP) is 3.87. The van der Waals surface area contributed by atoms with E-state index >= 15 is 0 Å². The Morgan fingerprint density at radius 2 is 1.82 bits per heavy atom. The summed E-state index contributed by atoms with van der Waals surface area (Å²) in [6, 6.07) is 8.34. The first-order chi connectivity index (χ1) is 13.0. The fraction of sp³-hybridized carbons (Fsp3) is 0.682. The van der Waals surface area contributed by atoms with E-state index in [1.807, 2.05) is 17.0 Å². The van der Waals surface area contributed by atoms with E-state index in [0.717, 1.165) is 25.1 Å². The number of rotatable bonds is 5. The number of piperidine rings is 1. The van der Waals surface area contributed by atoms with Gasteiger partial charge in [-0.25, -0.2) is 0 Å². The summed E-state index contributed by atoms with van der Waals surface area (Å²) in [6.07, 6.45) is 1.78. The van der Waals surface area contributed by atoms with Gasteiger partial charge in [-0.3, -0.25) is 4.79 Å². The summed E-state index contributed by atoms with van der Waals surface area (Å²) in [5.74, 6) is 0.0468. The van der Waals surface area contributed by atoms with E-state index in [4.69, 9.17) is 9.16 Å². The third-order valence-corrected chi connectivity index (χ3v) is 11.3. The number of benzene rings is 1. The number of ether oxygens (including phenoxy) is 1. The number of amides is 1. The Labute approximate surface area is 170 Å². The molecule has 1 aromatic rings. The summed E-state index contributed by atoms with van der Waals surface area (Å²) in [7, 11) is -0.181. The van der Waals surface area contributed by atoms with Crippen LogP contribution >= 0.6 is 0 Å². The SMILES string of the molecule is CO[C@H]1C(=O)N(c2ccc(C)cc2)[C@H]1[C@@H]1C[C@H](O[Si](C)(C)C(C)(C)C)CCN1. The largest absolute Gasteiger partial charge is 0.414 e. The van der Waals surface area contributed by atoms with E-state index < -0.39 is 8.32 Å². The number of β-lactam (4-membered cyclic amide) rings is 1. The molecule has 2 saturated heterocycles. The van der Waals surface area contributed by atoms with Crippen LogP contribution in [0.3, 0.4) is 0 Å². The Kier molecular flexibility index (Phi) is 6.06. The van der Waals surface area contributed by atoms with E-state index in [-0.39, 0.29) is 35.2 Å². The minimum absolute atomic E-state index is 0.00558. The molecule has 0 bridgehead atoms. The van der Waals surface area contributed by atoms with Crippen LogP contribution in [-0.2, 0) is 14.0 Å². The molecule has 2 aliphatic heterocycles. The van der Waals surface area contributed by atoms with Crippen molar-refractivity contribution < 1.29 is 14.0 Å². The molecule has 0 radical (unpaired) electrons. The first-order valence-electron chi connectivity index (χ1n) is 10.4. The molecule has 2 aliphatic rings.